The molecule has 0 aromatic rings. The minimum atomic E-state index is 0. The van der Waals surface area contributed by atoms with Gasteiger partial charge in [0, 0.05) is 55.7 Å². The largest absolute Gasteiger partial charge is 0.377 e. The van der Waals surface area contributed by atoms with Gasteiger partial charge in [-0.1, -0.05) is 6.42 Å². The molecule has 0 amide bonds. The summed E-state index contributed by atoms with van der Waals surface area (Å²) < 4.78 is 6.06. The fourth-order valence-corrected chi connectivity index (χ4v) is 5.76. The fourth-order valence-electron chi connectivity index (χ4n) is 5.76. The third kappa shape index (κ3) is 3.10. The minimum Gasteiger partial charge on any atom is -0.377 e. The summed E-state index contributed by atoms with van der Waals surface area (Å²) in [6.45, 7) is 6.39. The average Bonchev–Trinajstić information content (AvgIpc) is 3.12. The van der Waals surface area contributed by atoms with Crippen molar-refractivity contribution >= 4 is 29.9 Å². The van der Waals surface area contributed by atoms with Crippen LogP contribution in [0.25, 0.3) is 0 Å². The summed E-state index contributed by atoms with van der Waals surface area (Å²) in [4.78, 5) is 7.43. The quantitative estimate of drug-likeness (QED) is 0.384. The maximum Gasteiger partial charge on any atom is 0.191 e. The van der Waals surface area contributed by atoms with Crippen molar-refractivity contribution in [2.24, 2.45) is 16.3 Å². The van der Waals surface area contributed by atoms with E-state index in [1.807, 2.05) is 0 Å². The molecule has 0 aromatic heterocycles. The molecule has 0 bridgehead atoms. The molecule has 5 fully saturated rings. The molecule has 25 heavy (non-hydrogen) atoms. The van der Waals surface area contributed by atoms with Crippen molar-refractivity contribution in [3.05, 3.63) is 0 Å². The summed E-state index contributed by atoms with van der Waals surface area (Å²) >= 11 is 0. The number of ether oxygens (including phenoxy) is 1. The maximum absolute atomic E-state index is 6.06. The molecule has 3 aliphatic carbocycles. The van der Waals surface area contributed by atoms with E-state index in [0.29, 0.717) is 29.5 Å². The van der Waals surface area contributed by atoms with Gasteiger partial charge in [-0.15, -0.1) is 24.0 Å². The lowest BCUT2D eigenvalue weighted by Gasteiger charge is -2.63. The second-order valence-electron chi connectivity index (χ2n) is 8.63. The number of aliphatic imine (C=N–C) groups is 1. The van der Waals surface area contributed by atoms with Gasteiger partial charge in [-0.2, -0.15) is 0 Å². The van der Waals surface area contributed by atoms with Gasteiger partial charge in [0.05, 0.1) is 6.10 Å². The minimum absolute atomic E-state index is 0. The molecule has 0 aromatic carbocycles. The van der Waals surface area contributed by atoms with Crippen LogP contribution in [0.2, 0.25) is 0 Å². The number of halogens is 1. The van der Waals surface area contributed by atoms with Crippen molar-refractivity contribution in [2.45, 2.75) is 76.1 Å². The second-order valence-corrected chi connectivity index (χ2v) is 8.63. The van der Waals surface area contributed by atoms with E-state index >= 15 is 0 Å². The van der Waals surface area contributed by atoms with Crippen molar-refractivity contribution in [3.63, 3.8) is 0 Å². The molecule has 5 aliphatic rings. The van der Waals surface area contributed by atoms with Crippen LogP contribution in [0.15, 0.2) is 4.99 Å². The Balaban J connectivity index is 0.00000157. The first-order chi connectivity index (χ1) is 11.8. The van der Waals surface area contributed by atoms with Crippen LogP contribution < -0.4 is 10.6 Å². The topological polar surface area (TPSA) is 48.9 Å². The molecule has 142 valence electrons. The van der Waals surface area contributed by atoms with Crippen molar-refractivity contribution < 1.29 is 4.74 Å². The highest BCUT2D eigenvalue weighted by Gasteiger charge is 2.66. The molecule has 2 heterocycles. The van der Waals surface area contributed by atoms with Crippen LogP contribution in [0, 0.1) is 11.3 Å². The van der Waals surface area contributed by atoms with E-state index in [2.05, 4.69) is 22.5 Å². The average molecular weight is 460 g/mol. The first-order valence-corrected chi connectivity index (χ1v) is 10.2. The first kappa shape index (κ1) is 18.3. The number of hydrogen-bond acceptors (Lipinski definition) is 3. The number of fused-ring (bicyclic) bond motifs is 2. The summed E-state index contributed by atoms with van der Waals surface area (Å²) in [6.07, 6.45) is 9.88. The summed E-state index contributed by atoms with van der Waals surface area (Å²) in [5.41, 5.74) is 0.424. The maximum atomic E-state index is 6.06. The molecule has 2 aliphatic heterocycles. The van der Waals surface area contributed by atoms with Gasteiger partial charge in [0.2, 0.25) is 0 Å². The van der Waals surface area contributed by atoms with Crippen LogP contribution >= 0.6 is 24.0 Å². The van der Waals surface area contributed by atoms with Crippen LogP contribution in [0.1, 0.15) is 51.9 Å². The predicted molar refractivity (Wildman–Crippen MR) is 111 cm³/mol. The Kier molecular flexibility index (Phi) is 5.23. The third-order valence-electron chi connectivity index (χ3n) is 7.27. The molecule has 2 N–H and O–H groups in total. The number of guanidine groups is 1. The highest BCUT2D eigenvalue weighted by atomic mass is 127. The normalized spacial score (nSPS) is 39.3. The Bertz CT molecular complexity index is 520. The molecule has 4 atom stereocenters. The molecule has 1 spiro atoms. The lowest BCUT2D eigenvalue weighted by Crippen LogP contribution is -2.72. The van der Waals surface area contributed by atoms with Gasteiger partial charge >= 0.3 is 0 Å². The Labute approximate surface area is 168 Å². The molecule has 3 saturated carbocycles. The van der Waals surface area contributed by atoms with Gasteiger partial charge in [0.25, 0.3) is 0 Å². The van der Waals surface area contributed by atoms with E-state index in [1.54, 1.807) is 0 Å². The first-order valence-electron chi connectivity index (χ1n) is 10.2. The lowest BCUT2D eigenvalue weighted by atomic mass is 9.46. The second kappa shape index (κ2) is 7.15. The standard InChI is InChI=1S/C19H32N4O.HI/c1-2-20-18(21-13-6-10-23(12-13)14-4-5-14)22-16-15-7-11-24-17(15)19(16)8-3-9-19;/h13-17H,2-12H2,1H3,(H2,20,21,22);1H. The van der Waals surface area contributed by atoms with E-state index in [9.17, 15) is 0 Å². The molecule has 5 rings (SSSR count). The number of rotatable bonds is 4. The van der Waals surface area contributed by atoms with Gasteiger partial charge in [-0.05, 0) is 45.4 Å². The van der Waals surface area contributed by atoms with Crippen molar-refractivity contribution in [1.29, 1.82) is 0 Å². The lowest BCUT2D eigenvalue weighted by molar-refractivity contribution is -0.171. The highest BCUT2D eigenvalue weighted by Crippen LogP contribution is 2.62. The molecule has 4 unspecified atom stereocenters. The van der Waals surface area contributed by atoms with E-state index in [4.69, 9.17) is 9.73 Å². The van der Waals surface area contributed by atoms with Gasteiger partial charge in [-0.3, -0.25) is 9.89 Å². The van der Waals surface area contributed by atoms with Gasteiger partial charge in [0.15, 0.2) is 5.96 Å². The van der Waals surface area contributed by atoms with Gasteiger partial charge in [-0.25, -0.2) is 0 Å². The Morgan fingerprint density at radius 3 is 2.72 bits per heavy atom. The van der Waals surface area contributed by atoms with E-state index < -0.39 is 0 Å². The number of nitrogens with zero attached hydrogens (tertiary/aromatic N) is 2. The molecular weight excluding hydrogens is 427 g/mol. The summed E-state index contributed by atoms with van der Waals surface area (Å²) in [6, 6.07) is 2.03. The van der Waals surface area contributed by atoms with Crippen LogP contribution in [0.3, 0.4) is 0 Å². The van der Waals surface area contributed by atoms with E-state index in [-0.39, 0.29) is 24.0 Å². The Hall–Kier alpha value is -0.0800. The zero-order valence-electron chi connectivity index (χ0n) is 15.4. The van der Waals surface area contributed by atoms with Gasteiger partial charge < -0.3 is 15.4 Å². The van der Waals surface area contributed by atoms with Crippen LogP contribution in [0.5, 0.6) is 0 Å². The number of nitrogens with one attached hydrogen (secondary N) is 2. The molecule has 2 saturated heterocycles. The van der Waals surface area contributed by atoms with E-state index in [1.165, 1.54) is 58.0 Å². The van der Waals surface area contributed by atoms with Crippen LogP contribution in [0.4, 0.5) is 0 Å². The van der Waals surface area contributed by atoms with E-state index in [0.717, 1.165) is 25.2 Å². The SMILES string of the molecule is CCN=C(NC1CCN(C2CC2)C1)NC1C2CCOC2C12CCC2.I. The fraction of sp³-hybridized carbons (Fsp3) is 0.947. The Morgan fingerprint density at radius 1 is 1.20 bits per heavy atom. The van der Waals surface area contributed by atoms with Crippen LogP contribution in [-0.4, -0.2) is 61.3 Å². The third-order valence-corrected chi connectivity index (χ3v) is 7.27. The molecule has 0 radical (unpaired) electrons. The zero-order chi connectivity index (χ0) is 16.1. The van der Waals surface area contributed by atoms with Crippen molar-refractivity contribution in [3.8, 4) is 0 Å². The van der Waals surface area contributed by atoms with Gasteiger partial charge in [0.1, 0.15) is 0 Å². The molecule has 6 heteroatoms. The highest BCUT2D eigenvalue weighted by molar-refractivity contribution is 14.0. The summed E-state index contributed by atoms with van der Waals surface area (Å²) in [5, 5.41) is 7.60. The van der Waals surface area contributed by atoms with Crippen LogP contribution in [-0.2, 0) is 4.74 Å². The molecular formula is C19H33IN4O. The van der Waals surface area contributed by atoms with Crippen molar-refractivity contribution in [2.75, 3.05) is 26.2 Å². The van der Waals surface area contributed by atoms with Crippen molar-refractivity contribution in [1.82, 2.24) is 15.5 Å². The Morgan fingerprint density at radius 2 is 2.04 bits per heavy atom. The molecule has 5 nitrogen and oxygen atoms in total. The zero-order valence-corrected chi connectivity index (χ0v) is 17.7. The number of likely N-dealkylation sites (tertiary alicyclic amines) is 1. The number of hydrogen-bond donors (Lipinski definition) is 2. The predicted octanol–water partition coefficient (Wildman–Crippen LogP) is 2.35. The smallest absolute Gasteiger partial charge is 0.191 e. The monoisotopic (exact) mass is 460 g/mol. The summed E-state index contributed by atoms with van der Waals surface area (Å²) in [7, 11) is 0. The summed E-state index contributed by atoms with van der Waals surface area (Å²) in [5.74, 6) is 1.77.